The normalized spacial score (nSPS) is 12.1. The second-order valence-corrected chi connectivity index (χ2v) is 6.83. The molecule has 1 aromatic rings. The highest BCUT2D eigenvalue weighted by Crippen LogP contribution is 2.18. The van der Waals surface area contributed by atoms with Gasteiger partial charge in [0.25, 0.3) is 0 Å². The molecule has 0 aliphatic rings. The fourth-order valence-electron chi connectivity index (χ4n) is 1.78. The highest BCUT2D eigenvalue weighted by atomic mass is 32.2. The maximum atomic E-state index is 12.3. The van der Waals surface area contributed by atoms with Gasteiger partial charge in [0.15, 0.2) is 0 Å². The summed E-state index contributed by atoms with van der Waals surface area (Å²) in [6.45, 7) is 9.82. The van der Waals surface area contributed by atoms with Gasteiger partial charge in [-0.05, 0) is 30.2 Å². The summed E-state index contributed by atoms with van der Waals surface area (Å²) in [5.41, 5.74) is 0.951. The van der Waals surface area contributed by atoms with Gasteiger partial charge in [0.1, 0.15) is 0 Å². The fourth-order valence-corrected chi connectivity index (χ4v) is 3.24. The summed E-state index contributed by atoms with van der Waals surface area (Å²) in [5.74, 6) is 0.555. The summed E-state index contributed by atoms with van der Waals surface area (Å²) in [6.07, 6.45) is 0. The van der Waals surface area contributed by atoms with E-state index in [4.69, 9.17) is 0 Å². The van der Waals surface area contributed by atoms with E-state index in [-0.39, 0.29) is 0 Å². The van der Waals surface area contributed by atoms with Gasteiger partial charge in [0, 0.05) is 25.3 Å². The fraction of sp³-hybridized carbons (Fsp3) is 0.571. The van der Waals surface area contributed by atoms with Crippen molar-refractivity contribution in [2.75, 3.05) is 25.0 Å². The molecule has 0 bridgehead atoms. The zero-order chi connectivity index (χ0) is 14.5. The van der Waals surface area contributed by atoms with Crippen LogP contribution in [0.1, 0.15) is 27.7 Å². The molecule has 19 heavy (non-hydrogen) atoms. The molecule has 0 aromatic heterocycles. The Bertz CT molecular complexity index is 477. The third kappa shape index (κ3) is 4.21. The molecule has 0 atom stereocenters. The predicted molar refractivity (Wildman–Crippen MR) is 79.9 cm³/mol. The summed E-state index contributed by atoms with van der Waals surface area (Å²) >= 11 is 0. The van der Waals surface area contributed by atoms with Gasteiger partial charge < -0.3 is 5.32 Å². The zero-order valence-electron chi connectivity index (χ0n) is 12.2. The highest BCUT2D eigenvalue weighted by molar-refractivity contribution is 7.89. The average Bonchev–Trinajstić information content (AvgIpc) is 2.38. The highest BCUT2D eigenvalue weighted by Gasteiger charge is 2.20. The van der Waals surface area contributed by atoms with E-state index >= 15 is 0 Å². The molecule has 4 nitrogen and oxygen atoms in total. The first-order valence-electron chi connectivity index (χ1n) is 6.75. The minimum Gasteiger partial charge on any atom is -0.385 e. The summed E-state index contributed by atoms with van der Waals surface area (Å²) in [4.78, 5) is 0.353. The molecule has 1 aromatic carbocycles. The van der Waals surface area contributed by atoms with Crippen LogP contribution in [-0.4, -0.2) is 32.4 Å². The number of hydrogen-bond acceptors (Lipinski definition) is 3. The minimum absolute atomic E-state index is 0.353. The second kappa shape index (κ2) is 6.91. The first-order valence-corrected chi connectivity index (χ1v) is 8.19. The Labute approximate surface area is 116 Å². The average molecular weight is 284 g/mol. The maximum absolute atomic E-state index is 12.3. The van der Waals surface area contributed by atoms with Crippen molar-refractivity contribution in [3.8, 4) is 0 Å². The molecule has 108 valence electrons. The largest absolute Gasteiger partial charge is 0.385 e. The summed E-state index contributed by atoms with van der Waals surface area (Å²) in [7, 11) is -3.34. The topological polar surface area (TPSA) is 49.4 Å². The number of benzene rings is 1. The molecule has 0 fully saturated rings. The quantitative estimate of drug-likeness (QED) is 0.837. The van der Waals surface area contributed by atoms with E-state index in [1.807, 2.05) is 26.0 Å². The lowest BCUT2D eigenvalue weighted by Gasteiger charge is -2.18. The molecular formula is C14H24N2O2S. The molecule has 0 saturated carbocycles. The van der Waals surface area contributed by atoms with Gasteiger partial charge in [-0.3, -0.25) is 0 Å². The van der Waals surface area contributed by atoms with Gasteiger partial charge in [-0.25, -0.2) is 8.42 Å². The van der Waals surface area contributed by atoms with E-state index in [2.05, 4.69) is 19.2 Å². The van der Waals surface area contributed by atoms with Gasteiger partial charge >= 0.3 is 0 Å². The van der Waals surface area contributed by atoms with Gasteiger partial charge in [-0.2, -0.15) is 4.31 Å². The van der Waals surface area contributed by atoms with Crippen LogP contribution in [0.25, 0.3) is 0 Å². The van der Waals surface area contributed by atoms with Crippen molar-refractivity contribution in [3.05, 3.63) is 24.3 Å². The SMILES string of the molecule is CCN(CC)S(=O)(=O)c1ccc(NCC(C)C)cc1. The number of nitrogens with zero attached hydrogens (tertiary/aromatic N) is 1. The molecule has 5 heteroatoms. The van der Waals surface area contributed by atoms with Crippen molar-refractivity contribution in [2.24, 2.45) is 5.92 Å². The first-order chi connectivity index (χ1) is 8.91. The van der Waals surface area contributed by atoms with Crippen molar-refractivity contribution >= 4 is 15.7 Å². The Hall–Kier alpha value is -1.07. The Morgan fingerprint density at radius 1 is 1.11 bits per heavy atom. The van der Waals surface area contributed by atoms with Crippen LogP contribution in [0.4, 0.5) is 5.69 Å². The lowest BCUT2D eigenvalue weighted by Crippen LogP contribution is -2.30. The molecule has 0 spiro atoms. The van der Waals surface area contributed by atoms with Crippen molar-refractivity contribution in [1.29, 1.82) is 0 Å². The van der Waals surface area contributed by atoms with Crippen LogP contribution in [0.2, 0.25) is 0 Å². The van der Waals surface area contributed by atoms with E-state index < -0.39 is 10.0 Å². The van der Waals surface area contributed by atoms with Crippen molar-refractivity contribution < 1.29 is 8.42 Å². The molecule has 0 radical (unpaired) electrons. The molecular weight excluding hydrogens is 260 g/mol. The third-order valence-corrected chi connectivity index (χ3v) is 4.98. The number of sulfonamides is 1. The lowest BCUT2D eigenvalue weighted by atomic mass is 10.2. The number of anilines is 1. The van der Waals surface area contributed by atoms with E-state index in [0.29, 0.717) is 23.9 Å². The maximum Gasteiger partial charge on any atom is 0.243 e. The van der Waals surface area contributed by atoms with Crippen molar-refractivity contribution in [2.45, 2.75) is 32.6 Å². The molecule has 1 rings (SSSR count). The van der Waals surface area contributed by atoms with Crippen LogP contribution in [-0.2, 0) is 10.0 Å². The second-order valence-electron chi connectivity index (χ2n) is 4.89. The van der Waals surface area contributed by atoms with Crippen LogP contribution in [0.5, 0.6) is 0 Å². The van der Waals surface area contributed by atoms with E-state index in [1.165, 1.54) is 4.31 Å². The lowest BCUT2D eigenvalue weighted by molar-refractivity contribution is 0.445. The van der Waals surface area contributed by atoms with E-state index in [1.54, 1.807) is 12.1 Å². The number of nitrogens with one attached hydrogen (secondary N) is 1. The van der Waals surface area contributed by atoms with Crippen LogP contribution in [0.15, 0.2) is 29.2 Å². The third-order valence-electron chi connectivity index (χ3n) is 2.91. The van der Waals surface area contributed by atoms with E-state index in [9.17, 15) is 8.42 Å². The molecule has 0 aliphatic heterocycles. The van der Waals surface area contributed by atoms with Gasteiger partial charge in [0.05, 0.1) is 4.90 Å². The zero-order valence-corrected chi connectivity index (χ0v) is 13.0. The van der Waals surface area contributed by atoms with Crippen LogP contribution in [0.3, 0.4) is 0 Å². The number of hydrogen-bond donors (Lipinski definition) is 1. The molecule has 0 unspecified atom stereocenters. The minimum atomic E-state index is -3.34. The van der Waals surface area contributed by atoms with Gasteiger partial charge in [-0.1, -0.05) is 27.7 Å². The van der Waals surface area contributed by atoms with Crippen LogP contribution in [0, 0.1) is 5.92 Å². The molecule has 0 aliphatic carbocycles. The Morgan fingerprint density at radius 3 is 2.05 bits per heavy atom. The molecule has 0 amide bonds. The summed E-state index contributed by atoms with van der Waals surface area (Å²) in [5, 5.41) is 3.27. The van der Waals surface area contributed by atoms with Gasteiger partial charge in [0.2, 0.25) is 10.0 Å². The monoisotopic (exact) mass is 284 g/mol. The standard InChI is InChI=1S/C14H24N2O2S/c1-5-16(6-2)19(17,18)14-9-7-13(8-10-14)15-11-12(3)4/h7-10,12,15H,5-6,11H2,1-4H3. The number of rotatable bonds is 7. The van der Waals surface area contributed by atoms with Crippen molar-refractivity contribution in [3.63, 3.8) is 0 Å². The Kier molecular flexibility index (Phi) is 5.82. The molecule has 0 heterocycles. The Morgan fingerprint density at radius 2 is 1.63 bits per heavy atom. The first kappa shape index (κ1) is 16.0. The summed E-state index contributed by atoms with van der Waals surface area (Å²) < 4.78 is 26.0. The van der Waals surface area contributed by atoms with Crippen LogP contribution >= 0.6 is 0 Å². The summed E-state index contributed by atoms with van der Waals surface area (Å²) in [6, 6.07) is 6.96. The smallest absolute Gasteiger partial charge is 0.243 e. The molecule has 0 saturated heterocycles. The predicted octanol–water partition coefficient (Wildman–Crippen LogP) is 2.79. The van der Waals surface area contributed by atoms with Gasteiger partial charge in [-0.15, -0.1) is 0 Å². The van der Waals surface area contributed by atoms with E-state index in [0.717, 1.165) is 12.2 Å². The van der Waals surface area contributed by atoms with Crippen LogP contribution < -0.4 is 5.32 Å². The Balaban J connectivity index is 2.86. The molecule has 1 N–H and O–H groups in total. The van der Waals surface area contributed by atoms with Crippen molar-refractivity contribution in [1.82, 2.24) is 4.31 Å².